The Balaban J connectivity index is 4.76. The Morgan fingerprint density at radius 1 is 0.720 bits per heavy atom. The molecule has 0 saturated carbocycles. The monoisotopic (exact) mass is 357 g/mol. The number of hydrogen-bond donors (Lipinski definition) is 5. The van der Waals surface area contributed by atoms with Crippen molar-refractivity contribution in [3.63, 3.8) is 0 Å². The van der Waals surface area contributed by atoms with Crippen LogP contribution in [0.3, 0.4) is 0 Å². The van der Waals surface area contributed by atoms with Crippen molar-refractivity contribution in [2.45, 2.75) is 59.3 Å². The van der Waals surface area contributed by atoms with E-state index in [-0.39, 0.29) is 11.4 Å². The van der Waals surface area contributed by atoms with E-state index >= 15 is 0 Å². The first kappa shape index (κ1) is 24.1. The second-order valence-electron chi connectivity index (χ2n) is 7.02. The van der Waals surface area contributed by atoms with Gasteiger partial charge >= 0.3 is 6.03 Å². The van der Waals surface area contributed by atoms with Gasteiger partial charge in [-0.25, -0.2) is 4.79 Å². The average Bonchev–Trinajstić information content (AvgIpc) is 2.63. The van der Waals surface area contributed by atoms with Crippen LogP contribution in [0.5, 0.6) is 0 Å². The van der Waals surface area contributed by atoms with Crippen molar-refractivity contribution in [3.05, 3.63) is 0 Å². The lowest BCUT2D eigenvalue weighted by Crippen LogP contribution is -2.56. The molecule has 5 N–H and O–H groups in total. The smallest absolute Gasteiger partial charge is 0.314 e. The summed E-state index contributed by atoms with van der Waals surface area (Å²) in [5.41, 5.74) is -0.0261. The van der Waals surface area contributed by atoms with Gasteiger partial charge in [-0.05, 0) is 38.9 Å². The molecular weight excluding hydrogens is 314 g/mol. The molecule has 0 rings (SSSR count). The van der Waals surface area contributed by atoms with Crippen LogP contribution >= 0.6 is 0 Å². The Morgan fingerprint density at radius 2 is 1.12 bits per heavy atom. The van der Waals surface area contributed by atoms with Crippen LogP contribution in [0, 0.1) is 5.41 Å². The average molecular weight is 358 g/mol. The first-order valence-electron chi connectivity index (χ1n) is 10.2. The van der Waals surface area contributed by atoms with Crippen molar-refractivity contribution in [1.29, 1.82) is 0 Å². The lowest BCUT2D eigenvalue weighted by molar-refractivity contribution is 0.216. The summed E-state index contributed by atoms with van der Waals surface area (Å²) < 4.78 is 0. The van der Waals surface area contributed by atoms with Crippen molar-refractivity contribution in [3.8, 4) is 0 Å². The summed E-state index contributed by atoms with van der Waals surface area (Å²) in [6.07, 6.45) is 7.14. The molecule has 0 aromatic rings. The van der Waals surface area contributed by atoms with E-state index in [0.717, 1.165) is 39.3 Å². The summed E-state index contributed by atoms with van der Waals surface area (Å²) in [5.74, 6) is 0. The van der Waals surface area contributed by atoms with Gasteiger partial charge in [0.15, 0.2) is 0 Å². The summed E-state index contributed by atoms with van der Waals surface area (Å²) in [7, 11) is 1.66. The van der Waals surface area contributed by atoms with Crippen LogP contribution in [0.15, 0.2) is 0 Å². The van der Waals surface area contributed by atoms with Gasteiger partial charge < -0.3 is 26.6 Å². The Labute approximate surface area is 155 Å². The minimum absolute atomic E-state index is 0.0261. The zero-order valence-corrected chi connectivity index (χ0v) is 17.1. The minimum atomic E-state index is -0.111. The Kier molecular flexibility index (Phi) is 16.0. The first-order chi connectivity index (χ1) is 12.1. The standard InChI is InChI=1S/C19H43N5O/c1-5-8-11-21-14-19(15-22-12-9-6-2,16-23-13-10-7-3)17-24-18(25)20-4/h21-23H,5-17H2,1-4H3,(H2,20,24,25). The summed E-state index contributed by atoms with van der Waals surface area (Å²) in [5, 5.41) is 16.5. The number of unbranched alkanes of at least 4 members (excludes halogenated alkanes) is 3. The fourth-order valence-corrected chi connectivity index (χ4v) is 2.70. The Morgan fingerprint density at radius 3 is 1.44 bits per heavy atom. The van der Waals surface area contributed by atoms with Gasteiger partial charge in [-0.1, -0.05) is 40.0 Å². The van der Waals surface area contributed by atoms with Gasteiger partial charge in [0, 0.05) is 38.6 Å². The van der Waals surface area contributed by atoms with Crippen LogP contribution in [-0.2, 0) is 0 Å². The number of urea groups is 1. The van der Waals surface area contributed by atoms with E-state index in [2.05, 4.69) is 47.4 Å². The fraction of sp³-hybridized carbons (Fsp3) is 0.947. The molecule has 0 radical (unpaired) electrons. The zero-order chi connectivity index (χ0) is 18.8. The maximum absolute atomic E-state index is 11.7. The highest BCUT2D eigenvalue weighted by atomic mass is 16.2. The van der Waals surface area contributed by atoms with Gasteiger partial charge in [0.05, 0.1) is 0 Å². The number of carbonyl (C=O) groups is 1. The van der Waals surface area contributed by atoms with Gasteiger partial charge in [0.2, 0.25) is 0 Å². The highest BCUT2D eigenvalue weighted by Gasteiger charge is 2.29. The third-order valence-electron chi connectivity index (χ3n) is 4.47. The van der Waals surface area contributed by atoms with Gasteiger partial charge in [-0.15, -0.1) is 0 Å². The van der Waals surface area contributed by atoms with Gasteiger partial charge in [-0.2, -0.15) is 0 Å². The number of hydrogen-bond acceptors (Lipinski definition) is 4. The normalized spacial score (nSPS) is 11.5. The maximum atomic E-state index is 11.7. The molecule has 6 heteroatoms. The molecule has 0 aliphatic carbocycles. The highest BCUT2D eigenvalue weighted by molar-refractivity contribution is 5.73. The van der Waals surface area contributed by atoms with E-state index in [0.29, 0.717) is 6.54 Å². The zero-order valence-electron chi connectivity index (χ0n) is 17.1. The van der Waals surface area contributed by atoms with Crippen LogP contribution in [-0.4, -0.2) is 58.9 Å². The number of nitrogens with one attached hydrogen (secondary N) is 5. The van der Waals surface area contributed by atoms with Crippen molar-refractivity contribution < 1.29 is 4.79 Å². The van der Waals surface area contributed by atoms with E-state index in [1.807, 2.05) is 0 Å². The Bertz CT molecular complexity index is 281. The molecular formula is C19H43N5O. The summed E-state index contributed by atoms with van der Waals surface area (Å²) in [6.45, 7) is 13.1. The van der Waals surface area contributed by atoms with Gasteiger partial charge in [0.1, 0.15) is 0 Å². The molecule has 150 valence electrons. The largest absolute Gasteiger partial charge is 0.341 e. The fourth-order valence-electron chi connectivity index (χ4n) is 2.70. The maximum Gasteiger partial charge on any atom is 0.314 e. The van der Waals surface area contributed by atoms with Crippen molar-refractivity contribution >= 4 is 6.03 Å². The lowest BCUT2D eigenvalue weighted by atomic mass is 9.86. The molecule has 0 fully saturated rings. The summed E-state index contributed by atoms with van der Waals surface area (Å²) in [6, 6.07) is -0.111. The van der Waals surface area contributed by atoms with E-state index in [1.54, 1.807) is 7.05 Å². The predicted octanol–water partition coefficient (Wildman–Crippen LogP) is 2.07. The Hall–Kier alpha value is -0.850. The predicted molar refractivity (Wildman–Crippen MR) is 108 cm³/mol. The summed E-state index contributed by atoms with van der Waals surface area (Å²) in [4.78, 5) is 11.7. The summed E-state index contributed by atoms with van der Waals surface area (Å²) >= 11 is 0. The van der Waals surface area contributed by atoms with Gasteiger partial charge in [-0.3, -0.25) is 0 Å². The molecule has 0 unspecified atom stereocenters. The molecule has 0 spiro atoms. The molecule has 0 saturated heterocycles. The van der Waals surface area contributed by atoms with E-state index in [1.165, 1.54) is 38.5 Å². The molecule has 2 amide bonds. The van der Waals surface area contributed by atoms with Crippen LogP contribution in [0.25, 0.3) is 0 Å². The first-order valence-corrected chi connectivity index (χ1v) is 10.2. The molecule has 0 aliphatic rings. The van der Waals surface area contributed by atoms with Crippen molar-refractivity contribution in [2.24, 2.45) is 5.41 Å². The minimum Gasteiger partial charge on any atom is -0.341 e. The third-order valence-corrected chi connectivity index (χ3v) is 4.47. The van der Waals surface area contributed by atoms with Crippen LogP contribution in [0.4, 0.5) is 4.79 Å². The van der Waals surface area contributed by atoms with Crippen LogP contribution < -0.4 is 26.6 Å². The van der Waals surface area contributed by atoms with E-state index in [4.69, 9.17) is 0 Å². The van der Waals surface area contributed by atoms with E-state index < -0.39 is 0 Å². The van der Waals surface area contributed by atoms with Crippen LogP contribution in [0.2, 0.25) is 0 Å². The second-order valence-corrected chi connectivity index (χ2v) is 7.02. The van der Waals surface area contributed by atoms with Crippen LogP contribution in [0.1, 0.15) is 59.3 Å². The molecule has 0 aromatic carbocycles. The quantitative estimate of drug-likeness (QED) is 0.258. The molecule has 0 heterocycles. The second kappa shape index (κ2) is 16.6. The molecule has 6 nitrogen and oxygen atoms in total. The lowest BCUT2D eigenvalue weighted by Gasteiger charge is -2.35. The molecule has 0 aromatic heterocycles. The van der Waals surface area contributed by atoms with Gasteiger partial charge in [0.25, 0.3) is 0 Å². The van der Waals surface area contributed by atoms with Crippen molar-refractivity contribution in [1.82, 2.24) is 26.6 Å². The molecule has 0 bridgehead atoms. The van der Waals surface area contributed by atoms with E-state index in [9.17, 15) is 4.79 Å². The molecule has 0 atom stereocenters. The molecule has 0 aliphatic heterocycles. The molecule has 25 heavy (non-hydrogen) atoms. The topological polar surface area (TPSA) is 77.2 Å². The SMILES string of the molecule is CCCCNCC(CNCCCC)(CNCCCC)CNC(=O)NC. The highest BCUT2D eigenvalue weighted by Crippen LogP contribution is 2.14. The number of amides is 2. The third kappa shape index (κ3) is 13.1. The van der Waals surface area contributed by atoms with Crippen molar-refractivity contribution in [2.75, 3.05) is 52.9 Å². The number of rotatable bonds is 17. The number of carbonyl (C=O) groups excluding carboxylic acids is 1.